The number of nitrogens with zero attached hydrogens (tertiary/aromatic N) is 1. The molecular formula is C17H23BrN2O5. The van der Waals surface area contributed by atoms with Gasteiger partial charge in [-0.1, -0.05) is 28.1 Å². The molecule has 1 rings (SSSR count). The normalized spacial score (nSPS) is 11.8. The van der Waals surface area contributed by atoms with Crippen LogP contribution in [0.15, 0.2) is 28.7 Å². The number of hydrogen-bond donors (Lipinski definition) is 1. The van der Waals surface area contributed by atoms with Crippen LogP contribution in [0.25, 0.3) is 0 Å². The Hall–Kier alpha value is -2.09. The van der Waals surface area contributed by atoms with E-state index in [-0.39, 0.29) is 11.9 Å². The quantitative estimate of drug-likeness (QED) is 0.582. The summed E-state index contributed by atoms with van der Waals surface area (Å²) in [7, 11) is 0. The van der Waals surface area contributed by atoms with Crippen LogP contribution in [0.4, 0.5) is 9.59 Å². The Morgan fingerprint density at radius 2 is 1.48 bits per heavy atom. The zero-order valence-electron chi connectivity index (χ0n) is 14.9. The number of carbonyl (C=O) groups excluding carboxylic acids is 3. The monoisotopic (exact) mass is 414 g/mol. The van der Waals surface area contributed by atoms with Crippen LogP contribution in [-0.4, -0.2) is 41.2 Å². The first-order valence-electron chi connectivity index (χ1n) is 7.88. The molecule has 8 heteroatoms. The summed E-state index contributed by atoms with van der Waals surface area (Å²) in [6.07, 6.45) is -2.46. The van der Waals surface area contributed by atoms with Gasteiger partial charge in [-0.3, -0.25) is 4.79 Å². The lowest BCUT2D eigenvalue weighted by molar-refractivity contribution is 0.0326. The predicted molar refractivity (Wildman–Crippen MR) is 96.1 cm³/mol. The fourth-order valence-corrected chi connectivity index (χ4v) is 2.13. The van der Waals surface area contributed by atoms with E-state index in [4.69, 9.17) is 9.47 Å². The fourth-order valence-electron chi connectivity index (χ4n) is 1.87. The molecule has 0 aliphatic rings. The van der Waals surface area contributed by atoms with Gasteiger partial charge in [0.15, 0.2) is 5.78 Å². The third-order valence-corrected chi connectivity index (χ3v) is 3.51. The van der Waals surface area contributed by atoms with E-state index >= 15 is 0 Å². The van der Waals surface area contributed by atoms with Gasteiger partial charge in [0.05, 0.1) is 12.2 Å². The van der Waals surface area contributed by atoms with Gasteiger partial charge in [0.25, 0.3) is 0 Å². The molecule has 1 atom stereocenters. The van der Waals surface area contributed by atoms with E-state index in [1.807, 2.05) is 0 Å². The maximum Gasteiger partial charge on any atom is 0.429 e. The first-order chi connectivity index (χ1) is 11.6. The molecule has 0 unspecified atom stereocenters. The first kappa shape index (κ1) is 21.0. The van der Waals surface area contributed by atoms with E-state index in [9.17, 15) is 14.4 Å². The molecule has 2 amide bonds. The minimum absolute atomic E-state index is 0.349. The van der Waals surface area contributed by atoms with Gasteiger partial charge in [0.2, 0.25) is 0 Å². The number of benzene rings is 1. The number of hydrazine groups is 1. The van der Waals surface area contributed by atoms with Crippen LogP contribution in [0.5, 0.6) is 0 Å². The van der Waals surface area contributed by atoms with Crippen molar-refractivity contribution < 1.29 is 23.9 Å². The van der Waals surface area contributed by atoms with Gasteiger partial charge < -0.3 is 9.47 Å². The summed E-state index contributed by atoms with van der Waals surface area (Å²) in [6.45, 7) is 8.19. The Balaban J connectivity index is 2.99. The topological polar surface area (TPSA) is 84.9 Å². The van der Waals surface area contributed by atoms with E-state index in [0.717, 1.165) is 9.48 Å². The van der Waals surface area contributed by atoms with E-state index in [1.54, 1.807) is 52.0 Å². The smallest absolute Gasteiger partial charge is 0.429 e. The number of halogens is 1. The summed E-state index contributed by atoms with van der Waals surface area (Å²) in [6, 6.07) is 5.71. The Morgan fingerprint density at radius 3 is 1.96 bits per heavy atom. The molecule has 1 aromatic rings. The summed E-state index contributed by atoms with van der Waals surface area (Å²) in [5.74, 6) is -0.349. The Kier molecular flexibility index (Phi) is 7.89. The molecule has 7 nitrogen and oxygen atoms in total. The van der Waals surface area contributed by atoms with Gasteiger partial charge in [0.1, 0.15) is 6.04 Å². The SMILES string of the molecule is CC(C)OC(=O)NN(C(=O)OC(C)C)[C@@H](C)C(=O)c1ccc(Br)cc1. The van der Waals surface area contributed by atoms with Crippen molar-refractivity contribution in [1.82, 2.24) is 10.4 Å². The van der Waals surface area contributed by atoms with Gasteiger partial charge in [-0.25, -0.2) is 20.0 Å². The van der Waals surface area contributed by atoms with Crippen LogP contribution in [0.1, 0.15) is 45.0 Å². The maximum atomic E-state index is 12.6. The Morgan fingerprint density at radius 1 is 0.960 bits per heavy atom. The molecule has 0 fully saturated rings. The van der Waals surface area contributed by atoms with E-state index in [1.165, 1.54) is 6.92 Å². The highest BCUT2D eigenvalue weighted by atomic mass is 79.9. The van der Waals surface area contributed by atoms with Crippen molar-refractivity contribution in [2.45, 2.75) is 52.9 Å². The first-order valence-corrected chi connectivity index (χ1v) is 8.68. The average Bonchev–Trinajstić information content (AvgIpc) is 2.50. The number of amides is 2. The number of carbonyl (C=O) groups is 3. The highest BCUT2D eigenvalue weighted by molar-refractivity contribution is 9.10. The predicted octanol–water partition coefficient (Wildman–Crippen LogP) is 3.92. The van der Waals surface area contributed by atoms with Gasteiger partial charge in [-0.2, -0.15) is 0 Å². The average molecular weight is 415 g/mol. The van der Waals surface area contributed by atoms with Crippen molar-refractivity contribution in [1.29, 1.82) is 0 Å². The van der Waals surface area contributed by atoms with Gasteiger partial charge in [-0.05, 0) is 46.8 Å². The third-order valence-electron chi connectivity index (χ3n) is 2.98. The molecular weight excluding hydrogens is 392 g/mol. The lowest BCUT2D eigenvalue weighted by atomic mass is 10.1. The second-order valence-corrected chi connectivity index (χ2v) is 6.83. The molecule has 0 aromatic heterocycles. The molecule has 0 aliphatic carbocycles. The minimum atomic E-state index is -0.980. The molecule has 0 saturated heterocycles. The third kappa shape index (κ3) is 6.74. The lowest BCUT2D eigenvalue weighted by Crippen LogP contribution is -2.54. The van der Waals surface area contributed by atoms with E-state index < -0.39 is 24.3 Å². The minimum Gasteiger partial charge on any atom is -0.446 e. The zero-order valence-corrected chi connectivity index (χ0v) is 16.5. The maximum absolute atomic E-state index is 12.6. The van der Waals surface area contributed by atoms with Crippen molar-refractivity contribution in [3.63, 3.8) is 0 Å². The molecule has 0 bridgehead atoms. The molecule has 0 spiro atoms. The fraction of sp³-hybridized carbons (Fsp3) is 0.471. The number of ketones is 1. The van der Waals surface area contributed by atoms with Crippen molar-refractivity contribution in [2.24, 2.45) is 0 Å². The highest BCUT2D eigenvalue weighted by Crippen LogP contribution is 2.14. The second-order valence-electron chi connectivity index (χ2n) is 5.92. The Labute approximate surface area is 155 Å². The van der Waals surface area contributed by atoms with Crippen LogP contribution in [0, 0.1) is 0 Å². The summed E-state index contributed by atoms with van der Waals surface area (Å²) in [5.41, 5.74) is 2.68. The second kappa shape index (κ2) is 9.41. The highest BCUT2D eigenvalue weighted by Gasteiger charge is 2.30. The number of rotatable bonds is 5. The van der Waals surface area contributed by atoms with Gasteiger partial charge >= 0.3 is 12.2 Å². The summed E-state index contributed by atoms with van der Waals surface area (Å²) < 4.78 is 10.9. The summed E-state index contributed by atoms with van der Waals surface area (Å²) in [4.78, 5) is 36.8. The van der Waals surface area contributed by atoms with Crippen molar-refractivity contribution in [2.75, 3.05) is 0 Å². The van der Waals surface area contributed by atoms with Crippen molar-refractivity contribution in [3.05, 3.63) is 34.3 Å². The number of nitrogens with one attached hydrogen (secondary N) is 1. The molecule has 25 heavy (non-hydrogen) atoms. The largest absolute Gasteiger partial charge is 0.446 e. The molecule has 138 valence electrons. The molecule has 0 saturated carbocycles. The van der Waals surface area contributed by atoms with Crippen LogP contribution in [0.2, 0.25) is 0 Å². The van der Waals surface area contributed by atoms with Gasteiger partial charge in [0, 0.05) is 10.0 Å². The number of Topliss-reactive ketones (excluding diaryl/α,β-unsaturated/α-hetero) is 1. The van der Waals surface area contributed by atoms with Crippen LogP contribution < -0.4 is 5.43 Å². The molecule has 0 radical (unpaired) electrons. The van der Waals surface area contributed by atoms with Crippen LogP contribution >= 0.6 is 15.9 Å². The molecule has 1 N–H and O–H groups in total. The number of hydrogen-bond acceptors (Lipinski definition) is 5. The molecule has 0 aliphatic heterocycles. The zero-order chi connectivity index (χ0) is 19.1. The lowest BCUT2D eigenvalue weighted by Gasteiger charge is -2.28. The summed E-state index contributed by atoms with van der Waals surface area (Å²) in [5, 5.41) is 0.842. The van der Waals surface area contributed by atoms with Crippen molar-refractivity contribution >= 4 is 33.9 Å². The van der Waals surface area contributed by atoms with E-state index in [2.05, 4.69) is 21.4 Å². The summed E-state index contributed by atoms with van der Waals surface area (Å²) >= 11 is 3.30. The van der Waals surface area contributed by atoms with Crippen LogP contribution in [0.3, 0.4) is 0 Å². The molecule has 0 heterocycles. The number of ether oxygens (including phenoxy) is 2. The van der Waals surface area contributed by atoms with Crippen molar-refractivity contribution in [3.8, 4) is 0 Å². The standard InChI is InChI=1S/C17H23BrN2O5/c1-10(2)24-16(22)19-20(17(23)25-11(3)4)12(5)15(21)13-6-8-14(18)9-7-13/h6-12H,1-5H3,(H,19,22)/t12-/m0/s1. The van der Waals surface area contributed by atoms with E-state index in [0.29, 0.717) is 5.56 Å². The van der Waals surface area contributed by atoms with Gasteiger partial charge in [-0.15, -0.1) is 0 Å². The molecule has 1 aromatic carbocycles. The van der Waals surface area contributed by atoms with Crippen LogP contribution in [-0.2, 0) is 9.47 Å². The Bertz CT molecular complexity index is 616.